The third-order valence-electron chi connectivity index (χ3n) is 7.45. The molecule has 31 heavy (non-hydrogen) atoms. The zero-order valence-electron chi connectivity index (χ0n) is 18.4. The van der Waals surface area contributed by atoms with E-state index >= 15 is 0 Å². The van der Waals surface area contributed by atoms with E-state index in [2.05, 4.69) is 0 Å². The number of esters is 1. The summed E-state index contributed by atoms with van der Waals surface area (Å²) in [5.74, 6) is -0.209. The van der Waals surface area contributed by atoms with Crippen LogP contribution in [-0.4, -0.2) is 29.1 Å². The van der Waals surface area contributed by atoms with Gasteiger partial charge in [-0.3, -0.25) is 4.79 Å². The molecule has 4 rings (SSSR count). The van der Waals surface area contributed by atoms with Crippen LogP contribution < -0.4 is 10.6 Å². The highest BCUT2D eigenvalue weighted by Crippen LogP contribution is 2.52. The van der Waals surface area contributed by atoms with Gasteiger partial charge in [-0.05, 0) is 62.1 Å². The van der Waals surface area contributed by atoms with Crippen LogP contribution in [0.4, 0.5) is 5.69 Å². The summed E-state index contributed by atoms with van der Waals surface area (Å²) in [7, 11) is 0. The summed E-state index contributed by atoms with van der Waals surface area (Å²) in [6, 6.07) is 6.88. The van der Waals surface area contributed by atoms with E-state index in [0.29, 0.717) is 36.1 Å². The second-order valence-corrected chi connectivity index (χ2v) is 9.35. The summed E-state index contributed by atoms with van der Waals surface area (Å²) >= 11 is 0. The van der Waals surface area contributed by atoms with Gasteiger partial charge in [0.05, 0.1) is 0 Å². The number of aliphatic hydroxyl groups excluding tert-OH is 1. The van der Waals surface area contributed by atoms with Crippen LogP contribution in [0.15, 0.2) is 35.7 Å². The third-order valence-corrected chi connectivity index (χ3v) is 7.45. The van der Waals surface area contributed by atoms with Gasteiger partial charge in [0.25, 0.3) is 0 Å². The van der Waals surface area contributed by atoms with E-state index in [1.165, 1.54) is 0 Å². The van der Waals surface area contributed by atoms with Crippen LogP contribution in [0, 0.1) is 11.8 Å². The van der Waals surface area contributed by atoms with Crippen LogP contribution in [0.25, 0.3) is 0 Å². The lowest BCUT2D eigenvalue weighted by Crippen LogP contribution is -2.52. The summed E-state index contributed by atoms with van der Waals surface area (Å²) in [6.07, 6.45) is 10.0. The molecule has 0 spiro atoms. The van der Waals surface area contributed by atoms with Crippen molar-refractivity contribution in [2.75, 3.05) is 11.4 Å². The topological polar surface area (TPSA) is 92.9 Å². The van der Waals surface area contributed by atoms with E-state index in [9.17, 15) is 14.7 Å². The van der Waals surface area contributed by atoms with Gasteiger partial charge in [0.15, 0.2) is 5.70 Å². The van der Waals surface area contributed by atoms with E-state index in [1.807, 2.05) is 13.0 Å². The second-order valence-electron chi connectivity index (χ2n) is 9.35. The molecule has 0 aromatic heterocycles. The minimum Gasteiger partial charge on any atom is -0.510 e. The molecular formula is C25H34N2O4. The van der Waals surface area contributed by atoms with Gasteiger partial charge in [0.1, 0.15) is 11.4 Å². The minimum atomic E-state index is -0.579. The van der Waals surface area contributed by atoms with E-state index in [1.54, 1.807) is 23.1 Å². The van der Waals surface area contributed by atoms with Crippen LogP contribution in [0.3, 0.4) is 0 Å². The van der Waals surface area contributed by atoms with Crippen LogP contribution in [0.1, 0.15) is 81.5 Å². The number of cyclic esters (lactones) is 1. The molecule has 1 amide bonds. The van der Waals surface area contributed by atoms with Crippen molar-refractivity contribution in [3.8, 4) is 0 Å². The summed E-state index contributed by atoms with van der Waals surface area (Å²) in [6.45, 7) is 2.54. The van der Waals surface area contributed by atoms with Crippen molar-refractivity contribution in [3.05, 3.63) is 41.3 Å². The fourth-order valence-electron chi connectivity index (χ4n) is 6.02. The van der Waals surface area contributed by atoms with E-state index in [-0.39, 0.29) is 11.5 Å². The Hall–Kier alpha value is -2.50. The Kier molecular flexibility index (Phi) is 6.26. The molecular weight excluding hydrogens is 392 g/mol. The maximum absolute atomic E-state index is 13.5. The number of carbonyl (C=O) groups excluding carboxylic acids is 2. The van der Waals surface area contributed by atoms with E-state index in [0.717, 1.165) is 57.8 Å². The Bertz CT molecular complexity index is 850. The lowest BCUT2D eigenvalue weighted by atomic mass is 9.71. The Morgan fingerprint density at radius 3 is 2.29 bits per heavy atom. The summed E-state index contributed by atoms with van der Waals surface area (Å²) in [4.78, 5) is 26.9. The summed E-state index contributed by atoms with van der Waals surface area (Å²) in [5.41, 5.74) is 6.11. The molecule has 2 fully saturated rings. The fraction of sp³-hybridized carbons (Fsp3) is 0.600. The van der Waals surface area contributed by atoms with Gasteiger partial charge >= 0.3 is 5.97 Å². The molecule has 2 saturated carbocycles. The molecule has 168 valence electrons. The summed E-state index contributed by atoms with van der Waals surface area (Å²) in [5, 5.41) is 11.3. The largest absolute Gasteiger partial charge is 0.510 e. The second kappa shape index (κ2) is 8.93. The normalized spacial score (nSPS) is 22.0. The van der Waals surface area contributed by atoms with Crippen molar-refractivity contribution in [1.29, 1.82) is 0 Å². The van der Waals surface area contributed by atoms with Crippen molar-refractivity contribution in [3.63, 3.8) is 0 Å². The number of hydrogen-bond acceptors (Lipinski definition) is 5. The highest BCUT2D eigenvalue weighted by Gasteiger charge is 2.54. The molecule has 0 radical (unpaired) electrons. The van der Waals surface area contributed by atoms with Crippen molar-refractivity contribution in [2.24, 2.45) is 17.6 Å². The number of aliphatic hydroxyl groups is 1. The predicted octanol–water partition coefficient (Wildman–Crippen LogP) is 4.84. The molecule has 1 aromatic carbocycles. The standard InChI is InChI=1S/C25H34N2O4/c1-2-14-27(20-13-7-8-17(15-20)23(26)29)22-21(28)16-25(31-24(22)30,18-9-3-4-10-18)19-11-5-6-12-19/h7-8,13,15,18-19,28H,2-6,9-12,14,16H2,1H3,(H2,26,29). The quantitative estimate of drug-likeness (QED) is 0.609. The number of rotatable bonds is 7. The number of carbonyl (C=O) groups is 2. The summed E-state index contributed by atoms with van der Waals surface area (Å²) < 4.78 is 6.36. The van der Waals surface area contributed by atoms with Crippen LogP contribution in [0.5, 0.6) is 0 Å². The van der Waals surface area contributed by atoms with Gasteiger partial charge in [0.2, 0.25) is 5.91 Å². The molecule has 1 aliphatic heterocycles. The molecule has 0 saturated heterocycles. The van der Waals surface area contributed by atoms with Gasteiger partial charge in [-0.1, -0.05) is 38.7 Å². The lowest BCUT2D eigenvalue weighted by molar-refractivity contribution is -0.176. The number of hydrogen-bond donors (Lipinski definition) is 2. The minimum absolute atomic E-state index is 0.118. The number of primary amides is 1. The molecule has 6 nitrogen and oxygen atoms in total. The lowest BCUT2D eigenvalue weighted by Gasteiger charge is -2.46. The maximum atomic E-state index is 13.5. The molecule has 0 unspecified atom stereocenters. The maximum Gasteiger partial charge on any atom is 0.359 e. The van der Waals surface area contributed by atoms with Crippen molar-refractivity contribution in [1.82, 2.24) is 0 Å². The van der Waals surface area contributed by atoms with E-state index < -0.39 is 17.5 Å². The molecule has 2 aliphatic carbocycles. The molecule has 3 aliphatic rings. The zero-order chi connectivity index (χ0) is 22.0. The molecule has 6 heteroatoms. The number of nitrogens with zero attached hydrogens (tertiary/aromatic N) is 1. The van der Waals surface area contributed by atoms with Crippen LogP contribution in [0.2, 0.25) is 0 Å². The number of benzene rings is 1. The average Bonchev–Trinajstić information content (AvgIpc) is 3.47. The Morgan fingerprint density at radius 2 is 1.77 bits per heavy atom. The van der Waals surface area contributed by atoms with Crippen LogP contribution >= 0.6 is 0 Å². The van der Waals surface area contributed by atoms with Gasteiger partial charge in [-0.2, -0.15) is 0 Å². The molecule has 1 aromatic rings. The first-order valence-electron chi connectivity index (χ1n) is 11.8. The Balaban J connectivity index is 1.72. The average molecular weight is 427 g/mol. The molecule has 0 bridgehead atoms. The fourth-order valence-corrected chi connectivity index (χ4v) is 6.02. The van der Waals surface area contributed by atoms with Crippen molar-refractivity contribution in [2.45, 2.75) is 76.7 Å². The Morgan fingerprint density at radius 1 is 1.16 bits per heavy atom. The van der Waals surface area contributed by atoms with Crippen molar-refractivity contribution >= 4 is 17.6 Å². The number of ether oxygens (including phenoxy) is 1. The predicted molar refractivity (Wildman–Crippen MR) is 120 cm³/mol. The number of nitrogens with two attached hydrogens (primary N) is 1. The number of anilines is 1. The third kappa shape index (κ3) is 4.04. The van der Waals surface area contributed by atoms with E-state index in [4.69, 9.17) is 10.5 Å². The SMILES string of the molecule is CCCN(C1=C(O)CC(C2CCCC2)(C2CCCC2)OC1=O)c1cccc(C(N)=O)c1. The first-order chi connectivity index (χ1) is 15.0. The van der Waals surface area contributed by atoms with Crippen molar-refractivity contribution < 1.29 is 19.4 Å². The monoisotopic (exact) mass is 426 g/mol. The zero-order valence-corrected chi connectivity index (χ0v) is 18.4. The highest BCUT2D eigenvalue weighted by atomic mass is 16.6. The van der Waals surface area contributed by atoms with Gasteiger partial charge < -0.3 is 20.5 Å². The first-order valence-corrected chi connectivity index (χ1v) is 11.8. The molecule has 1 heterocycles. The smallest absolute Gasteiger partial charge is 0.359 e. The molecule has 3 N–H and O–H groups in total. The highest BCUT2D eigenvalue weighted by molar-refractivity contribution is 5.96. The Labute approximate surface area is 184 Å². The first kappa shape index (κ1) is 21.7. The van der Waals surface area contributed by atoms with Gasteiger partial charge in [0, 0.05) is 24.2 Å². The van der Waals surface area contributed by atoms with Gasteiger partial charge in [-0.15, -0.1) is 0 Å². The van der Waals surface area contributed by atoms with Gasteiger partial charge in [-0.25, -0.2) is 4.79 Å². The molecule has 0 atom stereocenters. The number of amides is 1. The van der Waals surface area contributed by atoms with Crippen LogP contribution in [-0.2, 0) is 9.53 Å².